The quantitative estimate of drug-likeness (QED) is 0.734. The van der Waals surface area contributed by atoms with E-state index in [0.29, 0.717) is 17.3 Å². The van der Waals surface area contributed by atoms with E-state index in [-0.39, 0.29) is 0 Å². The molecule has 0 bridgehead atoms. The first-order valence-corrected chi connectivity index (χ1v) is 7.82. The molecule has 0 spiro atoms. The summed E-state index contributed by atoms with van der Waals surface area (Å²) in [6, 6.07) is 1.08. The van der Waals surface area contributed by atoms with Gasteiger partial charge in [-0.05, 0) is 42.7 Å². The van der Waals surface area contributed by atoms with E-state index in [1.54, 1.807) is 11.8 Å². The van der Waals surface area contributed by atoms with E-state index in [2.05, 4.69) is 41.6 Å². The minimum Gasteiger partial charge on any atom is -0.313 e. The molecular weight excluding hydrogens is 246 g/mol. The molecule has 0 saturated heterocycles. The second kappa shape index (κ2) is 6.52. The lowest BCUT2D eigenvalue weighted by Gasteiger charge is -2.22. The number of hydrogen-bond donors (Lipinski definition) is 1. The molecule has 6 heteroatoms. The molecule has 5 nitrogen and oxygen atoms in total. The Bertz CT molecular complexity index is 363. The van der Waals surface area contributed by atoms with E-state index in [9.17, 15) is 0 Å². The van der Waals surface area contributed by atoms with Gasteiger partial charge in [-0.2, -0.15) is 0 Å². The molecule has 1 aromatic heterocycles. The van der Waals surface area contributed by atoms with Crippen molar-refractivity contribution in [1.82, 2.24) is 25.5 Å². The van der Waals surface area contributed by atoms with Gasteiger partial charge in [0.15, 0.2) is 0 Å². The lowest BCUT2D eigenvalue weighted by molar-refractivity contribution is 0.491. The summed E-state index contributed by atoms with van der Waals surface area (Å²) in [5.74, 6) is 0. The Morgan fingerprint density at radius 1 is 1.44 bits per heavy atom. The van der Waals surface area contributed by atoms with E-state index in [0.717, 1.165) is 18.1 Å². The Hall–Kier alpha value is -0.620. The van der Waals surface area contributed by atoms with Gasteiger partial charge in [-0.3, -0.25) is 0 Å². The molecule has 2 unspecified atom stereocenters. The summed E-state index contributed by atoms with van der Waals surface area (Å²) in [6.45, 7) is 7.77. The summed E-state index contributed by atoms with van der Waals surface area (Å²) in [4.78, 5) is 0. The van der Waals surface area contributed by atoms with Crippen molar-refractivity contribution < 1.29 is 0 Å². The Morgan fingerprint density at radius 3 is 2.83 bits per heavy atom. The van der Waals surface area contributed by atoms with Crippen LogP contribution in [0.4, 0.5) is 0 Å². The highest BCUT2D eigenvalue weighted by molar-refractivity contribution is 7.99. The molecule has 0 amide bonds. The van der Waals surface area contributed by atoms with Crippen molar-refractivity contribution in [2.24, 2.45) is 0 Å². The number of nitrogens with one attached hydrogen (secondary N) is 1. The molecular formula is C12H23N5S. The van der Waals surface area contributed by atoms with Crippen molar-refractivity contribution in [2.75, 3.05) is 6.54 Å². The topological polar surface area (TPSA) is 55.6 Å². The SMILES string of the molecule is CCCNC(CC)C(C)Sc1nnnn1C1CC1. The summed E-state index contributed by atoms with van der Waals surface area (Å²) in [5, 5.41) is 17.1. The van der Waals surface area contributed by atoms with Gasteiger partial charge in [0, 0.05) is 11.3 Å². The summed E-state index contributed by atoms with van der Waals surface area (Å²) in [7, 11) is 0. The fourth-order valence-electron chi connectivity index (χ4n) is 2.03. The number of thioether (sulfide) groups is 1. The van der Waals surface area contributed by atoms with Gasteiger partial charge in [-0.25, -0.2) is 4.68 Å². The van der Waals surface area contributed by atoms with Gasteiger partial charge in [0.2, 0.25) is 5.16 Å². The Morgan fingerprint density at radius 2 is 2.22 bits per heavy atom. The lowest BCUT2D eigenvalue weighted by atomic mass is 10.1. The number of tetrazole rings is 1. The molecule has 1 N–H and O–H groups in total. The number of hydrogen-bond acceptors (Lipinski definition) is 5. The second-order valence-corrected chi connectivity index (χ2v) is 6.27. The van der Waals surface area contributed by atoms with Gasteiger partial charge in [0.1, 0.15) is 0 Å². The Labute approximate surface area is 113 Å². The van der Waals surface area contributed by atoms with Crippen molar-refractivity contribution >= 4 is 11.8 Å². The Kier molecular flexibility index (Phi) is 5.00. The highest BCUT2D eigenvalue weighted by Gasteiger charge is 2.29. The summed E-state index contributed by atoms with van der Waals surface area (Å²) in [6.07, 6.45) is 4.75. The molecule has 2 atom stereocenters. The molecule has 18 heavy (non-hydrogen) atoms. The third-order valence-electron chi connectivity index (χ3n) is 3.31. The molecule has 102 valence electrons. The van der Waals surface area contributed by atoms with Crippen LogP contribution in [0.2, 0.25) is 0 Å². The summed E-state index contributed by atoms with van der Waals surface area (Å²) < 4.78 is 1.99. The van der Waals surface area contributed by atoms with Crippen LogP contribution in [0.15, 0.2) is 5.16 Å². The number of nitrogens with zero attached hydrogens (tertiary/aromatic N) is 4. The van der Waals surface area contributed by atoms with E-state index < -0.39 is 0 Å². The normalized spacial score (nSPS) is 18.8. The zero-order valence-corrected chi connectivity index (χ0v) is 12.3. The Balaban J connectivity index is 1.91. The molecule has 0 aromatic carbocycles. The van der Waals surface area contributed by atoms with E-state index in [4.69, 9.17) is 0 Å². The molecule has 1 aliphatic carbocycles. The van der Waals surface area contributed by atoms with Gasteiger partial charge in [-0.15, -0.1) is 5.10 Å². The molecule has 0 radical (unpaired) electrons. The monoisotopic (exact) mass is 269 g/mol. The van der Waals surface area contributed by atoms with Crippen LogP contribution < -0.4 is 5.32 Å². The lowest BCUT2D eigenvalue weighted by Crippen LogP contribution is -2.36. The van der Waals surface area contributed by atoms with Crippen LogP contribution in [0.25, 0.3) is 0 Å². The van der Waals surface area contributed by atoms with Crippen LogP contribution in [0.5, 0.6) is 0 Å². The minimum absolute atomic E-state index is 0.491. The first-order chi connectivity index (χ1) is 8.76. The van der Waals surface area contributed by atoms with Crippen LogP contribution >= 0.6 is 11.8 Å². The smallest absolute Gasteiger partial charge is 0.209 e. The van der Waals surface area contributed by atoms with Crippen molar-refractivity contribution in [3.8, 4) is 0 Å². The van der Waals surface area contributed by atoms with Crippen LogP contribution in [0, 0.1) is 0 Å². The maximum atomic E-state index is 4.15. The third kappa shape index (κ3) is 3.45. The standard InChI is InChI=1S/C12H23N5S/c1-4-8-13-11(5-2)9(3)18-12-14-15-16-17(12)10-6-7-10/h9-11,13H,4-8H2,1-3H3. The zero-order chi connectivity index (χ0) is 13.0. The van der Waals surface area contributed by atoms with E-state index in [1.807, 2.05) is 4.68 Å². The van der Waals surface area contributed by atoms with Gasteiger partial charge in [-0.1, -0.05) is 32.5 Å². The van der Waals surface area contributed by atoms with Gasteiger partial charge in [0.25, 0.3) is 0 Å². The van der Waals surface area contributed by atoms with Gasteiger partial charge in [0.05, 0.1) is 6.04 Å². The zero-order valence-electron chi connectivity index (χ0n) is 11.5. The van der Waals surface area contributed by atoms with Crippen LogP contribution in [-0.2, 0) is 0 Å². The fourth-order valence-corrected chi connectivity index (χ4v) is 3.19. The van der Waals surface area contributed by atoms with Crippen molar-refractivity contribution in [2.45, 2.75) is 68.9 Å². The second-order valence-electron chi connectivity index (χ2n) is 4.93. The van der Waals surface area contributed by atoms with E-state index in [1.165, 1.54) is 19.3 Å². The van der Waals surface area contributed by atoms with Crippen molar-refractivity contribution in [1.29, 1.82) is 0 Å². The van der Waals surface area contributed by atoms with Crippen LogP contribution in [0.1, 0.15) is 52.5 Å². The average molecular weight is 269 g/mol. The third-order valence-corrected chi connectivity index (χ3v) is 4.49. The molecule has 1 aliphatic rings. The molecule has 1 fully saturated rings. The molecule has 1 saturated carbocycles. The largest absolute Gasteiger partial charge is 0.313 e. The first kappa shape index (κ1) is 13.8. The fraction of sp³-hybridized carbons (Fsp3) is 0.917. The maximum Gasteiger partial charge on any atom is 0.209 e. The van der Waals surface area contributed by atoms with Crippen LogP contribution in [0.3, 0.4) is 0 Å². The molecule has 2 rings (SSSR count). The summed E-state index contributed by atoms with van der Waals surface area (Å²) >= 11 is 1.79. The first-order valence-electron chi connectivity index (χ1n) is 6.94. The number of aromatic nitrogens is 4. The molecule has 1 heterocycles. The maximum absolute atomic E-state index is 4.15. The van der Waals surface area contributed by atoms with E-state index >= 15 is 0 Å². The predicted molar refractivity (Wildman–Crippen MR) is 73.8 cm³/mol. The van der Waals surface area contributed by atoms with Crippen LogP contribution in [-0.4, -0.2) is 38.0 Å². The van der Waals surface area contributed by atoms with Crippen molar-refractivity contribution in [3.05, 3.63) is 0 Å². The predicted octanol–water partition coefficient (Wildman–Crippen LogP) is 2.27. The number of rotatable bonds is 8. The minimum atomic E-state index is 0.491. The average Bonchev–Trinajstić information content (AvgIpc) is 3.11. The van der Waals surface area contributed by atoms with Crippen molar-refractivity contribution in [3.63, 3.8) is 0 Å². The molecule has 1 aromatic rings. The molecule has 0 aliphatic heterocycles. The summed E-state index contributed by atoms with van der Waals surface area (Å²) in [5.41, 5.74) is 0. The van der Waals surface area contributed by atoms with Gasteiger partial charge < -0.3 is 5.32 Å². The van der Waals surface area contributed by atoms with Gasteiger partial charge >= 0.3 is 0 Å². The highest BCUT2D eigenvalue weighted by atomic mass is 32.2. The highest BCUT2D eigenvalue weighted by Crippen LogP contribution is 2.37.